The molecule has 0 spiro atoms. The fraction of sp³-hybridized carbons (Fsp3) is 1.00. The summed E-state index contributed by atoms with van der Waals surface area (Å²) in [6.45, 7) is 3.50. The summed E-state index contributed by atoms with van der Waals surface area (Å²) in [7, 11) is 2.26. The lowest BCUT2D eigenvalue weighted by Gasteiger charge is -2.35. The maximum Gasteiger partial charge on any atom is 0.0284 e. The van der Waals surface area contributed by atoms with Gasteiger partial charge >= 0.3 is 0 Å². The van der Waals surface area contributed by atoms with E-state index in [1.54, 1.807) is 0 Å². The van der Waals surface area contributed by atoms with Crippen molar-refractivity contribution >= 4 is 0 Å². The standard InChI is InChI=1S/C12H24N2/c1-10-4-3-5-11(8-10)14(2)9-12(13)6-7-12/h10-11H,3-9,13H2,1-2H3. The van der Waals surface area contributed by atoms with Crippen LogP contribution < -0.4 is 5.73 Å². The Hall–Kier alpha value is -0.0800. The minimum atomic E-state index is 0.190. The second kappa shape index (κ2) is 3.82. The quantitative estimate of drug-likeness (QED) is 0.748. The summed E-state index contributed by atoms with van der Waals surface area (Å²) < 4.78 is 0. The predicted octanol–water partition coefficient (Wildman–Crippen LogP) is 1.99. The van der Waals surface area contributed by atoms with Crippen molar-refractivity contribution < 1.29 is 0 Å². The number of likely N-dealkylation sites (N-methyl/N-ethyl adjacent to an activating group) is 1. The van der Waals surface area contributed by atoms with E-state index in [1.807, 2.05) is 0 Å². The summed E-state index contributed by atoms with van der Waals surface area (Å²) in [5.41, 5.74) is 6.34. The van der Waals surface area contributed by atoms with E-state index in [0.29, 0.717) is 0 Å². The number of rotatable bonds is 3. The van der Waals surface area contributed by atoms with Gasteiger partial charge in [0, 0.05) is 18.1 Å². The molecule has 2 aliphatic rings. The fourth-order valence-corrected chi connectivity index (χ4v) is 2.75. The Bertz CT molecular complexity index is 198. The summed E-state index contributed by atoms with van der Waals surface area (Å²) in [5, 5.41) is 0. The molecule has 0 radical (unpaired) electrons. The van der Waals surface area contributed by atoms with Crippen molar-refractivity contribution in [2.45, 2.75) is 57.0 Å². The highest BCUT2D eigenvalue weighted by Gasteiger charge is 2.40. The van der Waals surface area contributed by atoms with Gasteiger partial charge in [-0.1, -0.05) is 19.8 Å². The van der Waals surface area contributed by atoms with E-state index >= 15 is 0 Å². The SMILES string of the molecule is CC1CCCC(N(C)CC2(N)CC2)C1. The molecule has 2 heteroatoms. The molecule has 2 rings (SSSR count). The van der Waals surface area contributed by atoms with E-state index in [9.17, 15) is 0 Å². The molecular formula is C12H24N2. The zero-order chi connectivity index (χ0) is 10.2. The van der Waals surface area contributed by atoms with E-state index in [1.165, 1.54) is 38.5 Å². The Morgan fingerprint density at radius 3 is 2.64 bits per heavy atom. The molecular weight excluding hydrogens is 172 g/mol. The first kappa shape index (κ1) is 10.4. The summed E-state index contributed by atoms with van der Waals surface area (Å²) in [4.78, 5) is 2.52. The summed E-state index contributed by atoms with van der Waals surface area (Å²) >= 11 is 0. The molecule has 0 bridgehead atoms. The monoisotopic (exact) mass is 196 g/mol. The molecule has 0 saturated heterocycles. The minimum Gasteiger partial charge on any atom is -0.324 e. The van der Waals surface area contributed by atoms with Crippen molar-refractivity contribution in [3.63, 3.8) is 0 Å². The number of nitrogens with zero attached hydrogens (tertiary/aromatic N) is 1. The molecule has 0 aromatic heterocycles. The van der Waals surface area contributed by atoms with Gasteiger partial charge in [0.2, 0.25) is 0 Å². The Morgan fingerprint density at radius 1 is 1.36 bits per heavy atom. The zero-order valence-electron chi connectivity index (χ0n) is 9.63. The molecule has 0 aromatic carbocycles. The van der Waals surface area contributed by atoms with Crippen molar-refractivity contribution in [3.05, 3.63) is 0 Å². The fourth-order valence-electron chi connectivity index (χ4n) is 2.75. The van der Waals surface area contributed by atoms with Crippen molar-refractivity contribution in [2.24, 2.45) is 11.7 Å². The van der Waals surface area contributed by atoms with Gasteiger partial charge in [-0.05, 0) is 38.6 Å². The maximum absolute atomic E-state index is 6.15. The van der Waals surface area contributed by atoms with Crippen LogP contribution in [0.25, 0.3) is 0 Å². The second-order valence-electron chi connectivity index (χ2n) is 5.70. The third-order valence-electron chi connectivity index (χ3n) is 3.99. The van der Waals surface area contributed by atoms with Crippen LogP contribution in [0.1, 0.15) is 45.4 Å². The lowest BCUT2D eigenvalue weighted by Crippen LogP contribution is -2.44. The van der Waals surface area contributed by atoms with Crippen molar-refractivity contribution in [1.29, 1.82) is 0 Å². The normalized spacial score (nSPS) is 36.0. The van der Waals surface area contributed by atoms with E-state index in [0.717, 1.165) is 18.5 Å². The van der Waals surface area contributed by atoms with Crippen LogP contribution in [0, 0.1) is 5.92 Å². The number of nitrogens with two attached hydrogens (primary N) is 1. The molecule has 2 aliphatic carbocycles. The molecule has 0 aromatic rings. The summed E-state index contributed by atoms with van der Waals surface area (Å²) in [5.74, 6) is 0.920. The molecule has 0 amide bonds. The largest absolute Gasteiger partial charge is 0.324 e. The van der Waals surface area contributed by atoms with Crippen LogP contribution in [0.4, 0.5) is 0 Å². The topological polar surface area (TPSA) is 29.3 Å². The highest BCUT2D eigenvalue weighted by molar-refractivity contribution is 5.01. The van der Waals surface area contributed by atoms with Gasteiger partial charge in [0.15, 0.2) is 0 Å². The summed E-state index contributed by atoms with van der Waals surface area (Å²) in [6, 6.07) is 0.805. The molecule has 14 heavy (non-hydrogen) atoms. The Kier molecular flexibility index (Phi) is 2.85. The smallest absolute Gasteiger partial charge is 0.0284 e. The van der Waals surface area contributed by atoms with Crippen molar-refractivity contribution in [1.82, 2.24) is 4.90 Å². The lowest BCUT2D eigenvalue weighted by atomic mass is 9.86. The molecule has 2 fully saturated rings. The van der Waals surface area contributed by atoms with Gasteiger partial charge in [0.25, 0.3) is 0 Å². The van der Waals surface area contributed by atoms with E-state index in [2.05, 4.69) is 18.9 Å². The Morgan fingerprint density at radius 2 is 2.07 bits per heavy atom. The molecule has 0 aliphatic heterocycles. The third kappa shape index (κ3) is 2.48. The average Bonchev–Trinajstić information content (AvgIpc) is 2.83. The first-order valence-electron chi connectivity index (χ1n) is 6.08. The van der Waals surface area contributed by atoms with Crippen molar-refractivity contribution in [3.8, 4) is 0 Å². The van der Waals surface area contributed by atoms with Crippen LogP contribution in [0.5, 0.6) is 0 Å². The van der Waals surface area contributed by atoms with E-state index < -0.39 is 0 Å². The van der Waals surface area contributed by atoms with Gasteiger partial charge in [0.1, 0.15) is 0 Å². The maximum atomic E-state index is 6.15. The van der Waals surface area contributed by atoms with Crippen LogP contribution in [0.2, 0.25) is 0 Å². The van der Waals surface area contributed by atoms with Gasteiger partial charge in [-0.3, -0.25) is 0 Å². The number of hydrogen-bond acceptors (Lipinski definition) is 2. The Labute approximate surface area is 87.8 Å². The van der Waals surface area contributed by atoms with Gasteiger partial charge in [-0.25, -0.2) is 0 Å². The van der Waals surface area contributed by atoms with Crippen LogP contribution in [-0.2, 0) is 0 Å². The molecule has 2 saturated carbocycles. The van der Waals surface area contributed by atoms with Gasteiger partial charge in [-0.15, -0.1) is 0 Å². The minimum absolute atomic E-state index is 0.190. The van der Waals surface area contributed by atoms with Crippen LogP contribution in [-0.4, -0.2) is 30.1 Å². The highest BCUT2D eigenvalue weighted by Crippen LogP contribution is 2.35. The molecule has 82 valence electrons. The third-order valence-corrected chi connectivity index (χ3v) is 3.99. The molecule has 2 N–H and O–H groups in total. The van der Waals surface area contributed by atoms with Crippen LogP contribution in [0.15, 0.2) is 0 Å². The van der Waals surface area contributed by atoms with Gasteiger partial charge in [-0.2, -0.15) is 0 Å². The average molecular weight is 196 g/mol. The van der Waals surface area contributed by atoms with Crippen molar-refractivity contribution in [2.75, 3.05) is 13.6 Å². The predicted molar refractivity (Wildman–Crippen MR) is 60.2 cm³/mol. The first-order chi connectivity index (χ1) is 6.59. The van der Waals surface area contributed by atoms with E-state index in [-0.39, 0.29) is 5.54 Å². The van der Waals surface area contributed by atoms with Gasteiger partial charge in [0.05, 0.1) is 0 Å². The highest BCUT2D eigenvalue weighted by atomic mass is 15.2. The van der Waals surface area contributed by atoms with E-state index in [4.69, 9.17) is 5.73 Å². The van der Waals surface area contributed by atoms with Gasteiger partial charge < -0.3 is 10.6 Å². The lowest BCUT2D eigenvalue weighted by molar-refractivity contribution is 0.153. The number of hydrogen-bond donors (Lipinski definition) is 1. The molecule has 2 unspecified atom stereocenters. The molecule has 2 nitrogen and oxygen atoms in total. The molecule has 2 atom stereocenters. The zero-order valence-corrected chi connectivity index (χ0v) is 9.63. The van der Waals surface area contributed by atoms with Crippen LogP contribution in [0.3, 0.4) is 0 Å². The first-order valence-corrected chi connectivity index (χ1v) is 6.08. The Balaban J connectivity index is 1.81. The molecule has 0 heterocycles. The summed E-state index contributed by atoms with van der Waals surface area (Å²) in [6.07, 6.45) is 8.08. The second-order valence-corrected chi connectivity index (χ2v) is 5.70. The van der Waals surface area contributed by atoms with Crippen LogP contribution >= 0.6 is 0 Å².